The van der Waals surface area contributed by atoms with Crippen LogP contribution in [0.2, 0.25) is 0 Å². The fourth-order valence-corrected chi connectivity index (χ4v) is 4.10. The SMILES string of the molecule is CC1CNC(=O)c2cc3ccc(C(=O)Nc4cn(C)c(C(=O)NC5(C)CNC5)n4)nc3n21. The second-order valence-corrected chi connectivity index (χ2v) is 8.70. The maximum Gasteiger partial charge on any atom is 0.287 e. The molecule has 3 aromatic heterocycles. The molecule has 0 aliphatic carbocycles. The number of nitrogens with zero attached hydrogens (tertiary/aromatic N) is 4. The van der Waals surface area contributed by atoms with E-state index in [9.17, 15) is 14.4 Å². The first-order chi connectivity index (χ1) is 15.2. The van der Waals surface area contributed by atoms with Crippen molar-refractivity contribution in [1.29, 1.82) is 0 Å². The Morgan fingerprint density at radius 2 is 2.00 bits per heavy atom. The summed E-state index contributed by atoms with van der Waals surface area (Å²) in [5, 5.41) is 12.4. The van der Waals surface area contributed by atoms with E-state index in [0.717, 1.165) is 5.39 Å². The smallest absolute Gasteiger partial charge is 0.287 e. The quantitative estimate of drug-likeness (QED) is 0.468. The van der Waals surface area contributed by atoms with Gasteiger partial charge in [0, 0.05) is 38.3 Å². The molecule has 11 heteroatoms. The minimum Gasteiger partial charge on any atom is -0.349 e. The average Bonchev–Trinajstić information content (AvgIpc) is 3.30. The Hall–Kier alpha value is -3.73. The monoisotopic (exact) mass is 436 g/mol. The van der Waals surface area contributed by atoms with Crippen LogP contribution in [-0.2, 0) is 7.05 Å². The molecule has 1 atom stereocenters. The van der Waals surface area contributed by atoms with Crippen molar-refractivity contribution < 1.29 is 14.4 Å². The average molecular weight is 436 g/mol. The van der Waals surface area contributed by atoms with Gasteiger partial charge in [-0.1, -0.05) is 0 Å². The molecule has 1 fully saturated rings. The number of carbonyl (C=O) groups is 3. The second-order valence-electron chi connectivity index (χ2n) is 8.70. The van der Waals surface area contributed by atoms with Crippen LogP contribution < -0.4 is 21.3 Å². The van der Waals surface area contributed by atoms with E-state index in [-0.39, 0.29) is 40.7 Å². The molecule has 5 heterocycles. The van der Waals surface area contributed by atoms with E-state index in [2.05, 4.69) is 31.2 Å². The molecule has 4 N–H and O–H groups in total. The van der Waals surface area contributed by atoms with Gasteiger partial charge >= 0.3 is 0 Å². The molecular weight excluding hydrogens is 412 g/mol. The van der Waals surface area contributed by atoms with E-state index in [0.29, 0.717) is 31.0 Å². The minimum atomic E-state index is -0.449. The van der Waals surface area contributed by atoms with Crippen molar-refractivity contribution in [3.05, 3.63) is 41.6 Å². The third-order valence-electron chi connectivity index (χ3n) is 5.92. The van der Waals surface area contributed by atoms with Gasteiger partial charge in [-0.05, 0) is 32.0 Å². The first kappa shape index (κ1) is 20.2. The number of imidazole rings is 1. The van der Waals surface area contributed by atoms with Crippen LogP contribution in [-0.4, -0.2) is 62.0 Å². The summed E-state index contributed by atoms with van der Waals surface area (Å²) in [6, 6.07) is 5.17. The van der Waals surface area contributed by atoms with Crippen LogP contribution in [0.3, 0.4) is 0 Å². The predicted octanol–water partition coefficient (Wildman–Crippen LogP) is 0.418. The lowest BCUT2D eigenvalue weighted by Gasteiger charge is -2.39. The van der Waals surface area contributed by atoms with E-state index in [1.165, 1.54) is 0 Å². The molecule has 11 nitrogen and oxygen atoms in total. The first-order valence-electron chi connectivity index (χ1n) is 10.4. The van der Waals surface area contributed by atoms with E-state index in [1.807, 2.05) is 18.4 Å². The number of pyridine rings is 1. The fourth-order valence-electron chi connectivity index (χ4n) is 4.10. The van der Waals surface area contributed by atoms with E-state index in [1.54, 1.807) is 36.0 Å². The Balaban J connectivity index is 1.38. The Morgan fingerprint density at radius 3 is 2.72 bits per heavy atom. The molecule has 3 aromatic rings. The predicted molar refractivity (Wildman–Crippen MR) is 117 cm³/mol. The number of anilines is 1. The Morgan fingerprint density at radius 1 is 1.22 bits per heavy atom. The lowest BCUT2D eigenvalue weighted by atomic mass is 9.95. The summed E-state index contributed by atoms with van der Waals surface area (Å²) in [4.78, 5) is 46.4. The number of hydrogen-bond donors (Lipinski definition) is 4. The second kappa shape index (κ2) is 7.16. The van der Waals surface area contributed by atoms with Gasteiger partial charge in [0.15, 0.2) is 5.82 Å². The van der Waals surface area contributed by atoms with Crippen molar-refractivity contribution in [3.8, 4) is 0 Å². The molecule has 0 bridgehead atoms. The highest BCUT2D eigenvalue weighted by molar-refractivity contribution is 6.05. The maximum absolute atomic E-state index is 12.8. The van der Waals surface area contributed by atoms with Gasteiger partial charge < -0.3 is 30.4 Å². The molecular formula is C21H24N8O3. The standard InChI is InChI=1S/C21H24N8O3/c1-11-7-23-19(31)14-6-12-4-5-13(24-16(12)29(11)14)18(30)26-15-8-28(3)17(25-15)20(32)27-21(2)9-22-10-21/h4-6,8,11,22H,7,9-10H2,1-3H3,(H,23,31)(H,26,30)(H,27,32). The molecule has 2 aliphatic rings. The van der Waals surface area contributed by atoms with E-state index in [4.69, 9.17) is 0 Å². The van der Waals surface area contributed by atoms with Crippen LogP contribution >= 0.6 is 0 Å². The van der Waals surface area contributed by atoms with Gasteiger partial charge in [0.05, 0.1) is 11.6 Å². The summed E-state index contributed by atoms with van der Waals surface area (Å²) in [6.07, 6.45) is 1.58. The highest BCUT2D eigenvalue weighted by atomic mass is 16.2. The number of amides is 3. The van der Waals surface area contributed by atoms with Gasteiger partial charge in [0.1, 0.15) is 17.0 Å². The van der Waals surface area contributed by atoms with Crippen LogP contribution in [0.5, 0.6) is 0 Å². The number of aromatic nitrogens is 4. The topological polar surface area (TPSA) is 135 Å². The molecule has 1 saturated heterocycles. The molecule has 0 aromatic carbocycles. The zero-order valence-electron chi connectivity index (χ0n) is 18.0. The largest absolute Gasteiger partial charge is 0.349 e. The number of aryl methyl sites for hydroxylation is 1. The summed E-state index contributed by atoms with van der Waals surface area (Å²) in [5.41, 5.74) is 1.01. The Labute approximate surface area is 183 Å². The summed E-state index contributed by atoms with van der Waals surface area (Å²) in [5.74, 6) is -0.444. The molecule has 0 radical (unpaired) electrons. The van der Waals surface area contributed by atoms with Crippen LogP contribution in [0.4, 0.5) is 5.82 Å². The van der Waals surface area contributed by atoms with Crippen LogP contribution in [0.1, 0.15) is 51.5 Å². The van der Waals surface area contributed by atoms with Gasteiger partial charge in [0.25, 0.3) is 17.7 Å². The van der Waals surface area contributed by atoms with Gasteiger partial charge in [-0.15, -0.1) is 0 Å². The van der Waals surface area contributed by atoms with Crippen molar-refractivity contribution >= 4 is 34.6 Å². The summed E-state index contributed by atoms with van der Waals surface area (Å²) >= 11 is 0. The molecule has 2 aliphatic heterocycles. The third-order valence-corrected chi connectivity index (χ3v) is 5.92. The Bertz CT molecular complexity index is 1270. The fraction of sp³-hybridized carbons (Fsp3) is 0.381. The molecule has 3 amide bonds. The van der Waals surface area contributed by atoms with Crippen molar-refractivity contribution in [2.75, 3.05) is 25.0 Å². The number of carbonyl (C=O) groups excluding carboxylic acids is 3. The molecule has 32 heavy (non-hydrogen) atoms. The third kappa shape index (κ3) is 3.30. The molecule has 166 valence electrons. The lowest BCUT2D eigenvalue weighted by molar-refractivity contribution is 0.0856. The van der Waals surface area contributed by atoms with Crippen molar-refractivity contribution in [2.45, 2.75) is 25.4 Å². The maximum atomic E-state index is 12.8. The van der Waals surface area contributed by atoms with Gasteiger partial charge in [-0.25, -0.2) is 9.97 Å². The van der Waals surface area contributed by atoms with Crippen molar-refractivity contribution in [3.63, 3.8) is 0 Å². The van der Waals surface area contributed by atoms with Crippen LogP contribution in [0.15, 0.2) is 24.4 Å². The highest BCUT2D eigenvalue weighted by Crippen LogP contribution is 2.25. The molecule has 5 rings (SSSR count). The first-order valence-corrected chi connectivity index (χ1v) is 10.4. The van der Waals surface area contributed by atoms with Gasteiger partial charge in [0.2, 0.25) is 5.82 Å². The number of nitrogens with one attached hydrogen (secondary N) is 4. The minimum absolute atomic E-state index is 0.0237. The van der Waals surface area contributed by atoms with Crippen LogP contribution in [0, 0.1) is 0 Å². The molecule has 0 spiro atoms. The number of rotatable bonds is 4. The zero-order chi connectivity index (χ0) is 22.6. The van der Waals surface area contributed by atoms with Crippen LogP contribution in [0.25, 0.3) is 11.0 Å². The Kier molecular flexibility index (Phi) is 4.52. The zero-order valence-corrected chi connectivity index (χ0v) is 18.0. The summed E-state index contributed by atoms with van der Waals surface area (Å²) in [6.45, 7) is 5.84. The summed E-state index contributed by atoms with van der Waals surface area (Å²) in [7, 11) is 1.70. The highest BCUT2D eigenvalue weighted by Gasteiger charge is 2.34. The normalized spacial score (nSPS) is 19.1. The number of fused-ring (bicyclic) bond motifs is 3. The number of hydrogen-bond acceptors (Lipinski definition) is 6. The lowest BCUT2D eigenvalue weighted by Crippen LogP contribution is -2.67. The van der Waals surface area contributed by atoms with Gasteiger partial charge in [-0.2, -0.15) is 0 Å². The van der Waals surface area contributed by atoms with Crippen molar-refractivity contribution in [1.82, 2.24) is 35.1 Å². The summed E-state index contributed by atoms with van der Waals surface area (Å²) < 4.78 is 3.42. The van der Waals surface area contributed by atoms with Gasteiger partial charge in [-0.3, -0.25) is 14.4 Å². The van der Waals surface area contributed by atoms with E-state index < -0.39 is 5.91 Å². The molecule has 1 unspecified atom stereocenters. The molecule has 0 saturated carbocycles. The van der Waals surface area contributed by atoms with E-state index >= 15 is 0 Å². The van der Waals surface area contributed by atoms with Crippen molar-refractivity contribution in [2.24, 2.45) is 7.05 Å².